The summed E-state index contributed by atoms with van der Waals surface area (Å²) < 4.78 is 7.00. The van der Waals surface area contributed by atoms with Crippen molar-refractivity contribution in [1.82, 2.24) is 19.9 Å². The molecule has 6 heteroatoms. The zero-order valence-corrected chi connectivity index (χ0v) is 14.5. The van der Waals surface area contributed by atoms with Gasteiger partial charge in [0.2, 0.25) is 0 Å². The van der Waals surface area contributed by atoms with E-state index in [0.717, 1.165) is 24.2 Å². The van der Waals surface area contributed by atoms with Crippen LogP contribution in [0.3, 0.4) is 0 Å². The largest absolute Gasteiger partial charge is 0.497 e. The Kier molecular flexibility index (Phi) is 4.39. The molecule has 0 saturated heterocycles. The molecule has 1 fully saturated rings. The van der Waals surface area contributed by atoms with Crippen LogP contribution in [0.25, 0.3) is 5.82 Å². The van der Waals surface area contributed by atoms with Gasteiger partial charge in [-0.1, -0.05) is 12.1 Å². The summed E-state index contributed by atoms with van der Waals surface area (Å²) >= 11 is 0. The number of hydrogen-bond donors (Lipinski definition) is 1. The number of carbonyl (C=O) groups excluding carboxylic acids is 1. The van der Waals surface area contributed by atoms with Gasteiger partial charge >= 0.3 is 0 Å². The molecule has 0 unspecified atom stereocenters. The summed E-state index contributed by atoms with van der Waals surface area (Å²) in [5.74, 6) is 1.88. The van der Waals surface area contributed by atoms with Gasteiger partial charge in [-0.2, -0.15) is 0 Å². The van der Waals surface area contributed by atoms with E-state index in [1.54, 1.807) is 48.7 Å². The van der Waals surface area contributed by atoms with Crippen molar-refractivity contribution in [3.8, 4) is 11.6 Å². The van der Waals surface area contributed by atoms with Gasteiger partial charge in [0.15, 0.2) is 0 Å². The molecule has 4 rings (SSSR count). The molecule has 0 aliphatic heterocycles. The average molecular weight is 348 g/mol. The number of nitrogens with one attached hydrogen (secondary N) is 1. The van der Waals surface area contributed by atoms with Crippen molar-refractivity contribution in [1.29, 1.82) is 0 Å². The van der Waals surface area contributed by atoms with Crippen molar-refractivity contribution in [3.63, 3.8) is 0 Å². The molecule has 1 atom stereocenters. The predicted octanol–water partition coefficient (Wildman–Crippen LogP) is 3.16. The Balaban J connectivity index is 1.54. The lowest BCUT2D eigenvalue weighted by Gasteiger charge is -2.19. The molecule has 0 spiro atoms. The van der Waals surface area contributed by atoms with Crippen LogP contribution in [0.1, 0.15) is 34.8 Å². The second-order valence-corrected chi connectivity index (χ2v) is 6.43. The highest BCUT2D eigenvalue weighted by atomic mass is 16.5. The molecular weight excluding hydrogens is 328 g/mol. The van der Waals surface area contributed by atoms with E-state index < -0.39 is 0 Å². The van der Waals surface area contributed by atoms with Gasteiger partial charge in [-0.05, 0) is 48.6 Å². The van der Waals surface area contributed by atoms with Gasteiger partial charge in [0, 0.05) is 24.2 Å². The highest BCUT2D eigenvalue weighted by Gasteiger charge is 2.33. The zero-order valence-electron chi connectivity index (χ0n) is 14.5. The van der Waals surface area contributed by atoms with Crippen LogP contribution in [0.2, 0.25) is 0 Å². The maximum Gasteiger partial charge on any atom is 0.251 e. The van der Waals surface area contributed by atoms with Crippen LogP contribution < -0.4 is 10.1 Å². The van der Waals surface area contributed by atoms with Crippen LogP contribution in [-0.4, -0.2) is 27.6 Å². The number of carbonyl (C=O) groups is 1. The lowest BCUT2D eigenvalue weighted by Crippen LogP contribution is -2.30. The first kappa shape index (κ1) is 16.3. The molecule has 2 heterocycles. The number of methoxy groups -OCH3 is 1. The zero-order chi connectivity index (χ0) is 17.9. The van der Waals surface area contributed by atoms with Gasteiger partial charge in [0.1, 0.15) is 17.9 Å². The van der Waals surface area contributed by atoms with Crippen molar-refractivity contribution < 1.29 is 9.53 Å². The van der Waals surface area contributed by atoms with Gasteiger partial charge in [0.25, 0.3) is 5.91 Å². The van der Waals surface area contributed by atoms with Crippen molar-refractivity contribution in [2.45, 2.75) is 18.9 Å². The van der Waals surface area contributed by atoms with Gasteiger partial charge in [0.05, 0.1) is 13.2 Å². The van der Waals surface area contributed by atoms with Crippen LogP contribution >= 0.6 is 0 Å². The fourth-order valence-corrected chi connectivity index (χ4v) is 3.03. The standard InChI is InChI=1S/C20H20N4O2/c1-26-17-6-4-15(5-7-17)19(14-2-3-14)23-20(25)16-8-9-22-18(12-16)24-11-10-21-13-24/h4-14,19H,2-3H2,1H3,(H,23,25)/t19-/m0/s1. The van der Waals surface area contributed by atoms with Crippen LogP contribution in [0.4, 0.5) is 0 Å². The first-order chi connectivity index (χ1) is 12.7. The minimum absolute atomic E-state index is 0.0123. The third-order valence-corrected chi connectivity index (χ3v) is 4.63. The molecule has 1 aromatic carbocycles. The lowest BCUT2D eigenvalue weighted by atomic mass is 10.0. The fraction of sp³-hybridized carbons (Fsp3) is 0.250. The van der Waals surface area contributed by atoms with Crippen LogP contribution in [0.15, 0.2) is 61.3 Å². The van der Waals surface area contributed by atoms with E-state index in [4.69, 9.17) is 4.74 Å². The summed E-state index contributed by atoms with van der Waals surface area (Å²) in [7, 11) is 1.65. The minimum atomic E-state index is -0.0958. The second-order valence-electron chi connectivity index (χ2n) is 6.43. The van der Waals surface area contributed by atoms with Crippen molar-refractivity contribution in [3.05, 3.63) is 72.4 Å². The van der Waals surface area contributed by atoms with E-state index in [1.807, 2.05) is 24.3 Å². The summed E-state index contributed by atoms with van der Waals surface area (Å²) in [5, 5.41) is 3.19. The Hall–Kier alpha value is -3.15. The average Bonchev–Trinajstić information content (AvgIpc) is 3.38. The number of aromatic nitrogens is 3. The van der Waals surface area contributed by atoms with E-state index in [9.17, 15) is 4.79 Å². The van der Waals surface area contributed by atoms with Gasteiger partial charge < -0.3 is 10.1 Å². The van der Waals surface area contributed by atoms with E-state index in [-0.39, 0.29) is 11.9 Å². The first-order valence-corrected chi connectivity index (χ1v) is 8.64. The number of nitrogens with zero attached hydrogens (tertiary/aromatic N) is 3. The first-order valence-electron chi connectivity index (χ1n) is 8.64. The van der Waals surface area contributed by atoms with Crippen molar-refractivity contribution >= 4 is 5.91 Å². The maximum atomic E-state index is 12.8. The number of ether oxygens (including phenoxy) is 1. The molecule has 1 amide bonds. The SMILES string of the molecule is COc1ccc([C@@H](NC(=O)c2ccnc(-n3ccnc3)c2)C2CC2)cc1. The summed E-state index contributed by atoms with van der Waals surface area (Å²) in [5.41, 5.74) is 1.69. The Morgan fingerprint density at radius 2 is 2.04 bits per heavy atom. The Labute approximate surface area is 151 Å². The van der Waals surface area contributed by atoms with Crippen LogP contribution in [0, 0.1) is 5.92 Å². The number of benzene rings is 1. The molecule has 132 valence electrons. The fourth-order valence-electron chi connectivity index (χ4n) is 3.03. The van der Waals surface area contributed by atoms with E-state index in [0.29, 0.717) is 17.3 Å². The lowest BCUT2D eigenvalue weighted by molar-refractivity contribution is 0.0931. The third kappa shape index (κ3) is 3.44. The molecule has 0 radical (unpaired) electrons. The summed E-state index contributed by atoms with van der Waals surface area (Å²) in [4.78, 5) is 21.1. The molecule has 1 aliphatic rings. The monoisotopic (exact) mass is 348 g/mol. The smallest absolute Gasteiger partial charge is 0.251 e. The molecule has 0 bridgehead atoms. The Morgan fingerprint density at radius 3 is 2.69 bits per heavy atom. The van der Waals surface area contributed by atoms with Gasteiger partial charge in [-0.3, -0.25) is 9.36 Å². The number of imidazole rings is 1. The second kappa shape index (κ2) is 7.00. The number of pyridine rings is 1. The highest BCUT2D eigenvalue weighted by Crippen LogP contribution is 2.41. The van der Waals surface area contributed by atoms with Gasteiger partial charge in [-0.15, -0.1) is 0 Å². The van der Waals surface area contributed by atoms with Gasteiger partial charge in [-0.25, -0.2) is 9.97 Å². The Morgan fingerprint density at radius 1 is 1.23 bits per heavy atom. The van der Waals surface area contributed by atoms with E-state index in [1.165, 1.54) is 0 Å². The highest BCUT2D eigenvalue weighted by molar-refractivity contribution is 5.94. The molecule has 6 nitrogen and oxygen atoms in total. The summed E-state index contributed by atoms with van der Waals surface area (Å²) in [6, 6.07) is 11.4. The maximum absolute atomic E-state index is 12.8. The summed E-state index contributed by atoms with van der Waals surface area (Å²) in [6.07, 6.45) is 9.05. The number of rotatable bonds is 6. The van der Waals surface area contributed by atoms with E-state index >= 15 is 0 Å². The van der Waals surface area contributed by atoms with E-state index in [2.05, 4.69) is 15.3 Å². The molecule has 3 aromatic rings. The summed E-state index contributed by atoms with van der Waals surface area (Å²) in [6.45, 7) is 0. The van der Waals surface area contributed by atoms with Crippen LogP contribution in [0.5, 0.6) is 5.75 Å². The molecule has 1 aliphatic carbocycles. The molecule has 2 aromatic heterocycles. The topological polar surface area (TPSA) is 69.0 Å². The molecule has 1 saturated carbocycles. The van der Waals surface area contributed by atoms with Crippen molar-refractivity contribution in [2.24, 2.45) is 5.92 Å². The predicted molar refractivity (Wildman–Crippen MR) is 97.3 cm³/mol. The molecule has 1 N–H and O–H groups in total. The molecular formula is C20H20N4O2. The Bertz CT molecular complexity index is 886. The van der Waals surface area contributed by atoms with Crippen LogP contribution in [-0.2, 0) is 0 Å². The number of amides is 1. The van der Waals surface area contributed by atoms with Crippen molar-refractivity contribution in [2.75, 3.05) is 7.11 Å². The normalized spacial score (nSPS) is 14.7. The molecule has 26 heavy (non-hydrogen) atoms. The number of hydrogen-bond acceptors (Lipinski definition) is 4. The third-order valence-electron chi connectivity index (χ3n) is 4.63. The quantitative estimate of drug-likeness (QED) is 0.743. The minimum Gasteiger partial charge on any atom is -0.497 e.